The third-order valence-corrected chi connectivity index (χ3v) is 4.28. The average molecular weight is 334 g/mol. The van der Waals surface area contributed by atoms with Crippen LogP contribution in [0.15, 0.2) is 21.9 Å². The van der Waals surface area contributed by atoms with E-state index in [1.54, 1.807) is 6.92 Å². The van der Waals surface area contributed by atoms with E-state index in [0.717, 1.165) is 30.8 Å². The lowest BCUT2D eigenvalue weighted by Crippen LogP contribution is -2.46. The van der Waals surface area contributed by atoms with Crippen LogP contribution < -0.4 is 10.6 Å². The number of hydrogen-bond donors (Lipinski definition) is 2. The van der Waals surface area contributed by atoms with E-state index < -0.39 is 5.97 Å². The van der Waals surface area contributed by atoms with Crippen molar-refractivity contribution < 1.29 is 18.8 Å². The summed E-state index contributed by atoms with van der Waals surface area (Å²) in [6, 6.07) is 1.74. The number of nitrogens with one attached hydrogen (secondary N) is 2. The summed E-state index contributed by atoms with van der Waals surface area (Å²) in [7, 11) is 0. The van der Waals surface area contributed by atoms with Gasteiger partial charge in [0.25, 0.3) is 0 Å². The first-order chi connectivity index (χ1) is 11.6. The summed E-state index contributed by atoms with van der Waals surface area (Å²) < 4.78 is 10.5. The van der Waals surface area contributed by atoms with Gasteiger partial charge in [-0.05, 0) is 33.2 Å². The highest BCUT2D eigenvalue weighted by Crippen LogP contribution is 2.32. The van der Waals surface area contributed by atoms with Gasteiger partial charge in [0.2, 0.25) is 0 Å². The van der Waals surface area contributed by atoms with Gasteiger partial charge < -0.3 is 19.9 Å². The van der Waals surface area contributed by atoms with E-state index >= 15 is 0 Å². The van der Waals surface area contributed by atoms with E-state index in [0.29, 0.717) is 24.4 Å². The topological polar surface area (TPSA) is 96.7 Å². The molecule has 1 aromatic rings. The molecule has 0 saturated carbocycles. The lowest BCUT2D eigenvalue weighted by atomic mass is 10.1. The van der Waals surface area contributed by atoms with Gasteiger partial charge in [0.15, 0.2) is 5.76 Å². The molecular weight excluding hydrogens is 312 g/mol. The molecule has 2 aliphatic rings. The summed E-state index contributed by atoms with van der Waals surface area (Å²) in [5.74, 6) is 0.426. The van der Waals surface area contributed by atoms with Crippen LogP contribution in [0.5, 0.6) is 0 Å². The van der Waals surface area contributed by atoms with Crippen LogP contribution in [0.3, 0.4) is 0 Å². The second-order valence-corrected chi connectivity index (χ2v) is 5.98. The lowest BCUT2D eigenvalue weighted by Gasteiger charge is -2.27. The standard InChI is InChI=1S/C16H22N4O4/c1-3-23-15(21)11-8-17-16(22)18-12(11)9-20-6-4-5-13(20)14-7-10(2)19-24-14/h7,13H,3-6,8-9H2,1-2H3,(H2,17,18,22)/t13-/m0/s1. The first-order valence-corrected chi connectivity index (χ1v) is 8.19. The molecule has 1 fully saturated rings. The largest absolute Gasteiger partial charge is 0.463 e. The summed E-state index contributed by atoms with van der Waals surface area (Å²) in [6.45, 7) is 5.46. The van der Waals surface area contributed by atoms with Crippen LogP contribution in [0.1, 0.15) is 37.3 Å². The summed E-state index contributed by atoms with van der Waals surface area (Å²) in [5.41, 5.74) is 1.91. The van der Waals surface area contributed by atoms with Gasteiger partial charge in [-0.25, -0.2) is 9.59 Å². The van der Waals surface area contributed by atoms with Crippen molar-refractivity contribution in [3.05, 3.63) is 28.8 Å². The SMILES string of the molecule is CCOC(=O)C1=C(CN2CCC[C@H]2c2cc(C)no2)NC(=O)NC1. The Labute approximate surface area is 140 Å². The molecule has 0 radical (unpaired) electrons. The second kappa shape index (κ2) is 7.04. The number of aromatic nitrogens is 1. The molecule has 1 aromatic heterocycles. The third kappa shape index (κ3) is 3.43. The minimum atomic E-state index is -0.397. The van der Waals surface area contributed by atoms with Crippen LogP contribution in [0.2, 0.25) is 0 Å². The van der Waals surface area contributed by atoms with Crippen LogP contribution in [-0.4, -0.2) is 48.3 Å². The van der Waals surface area contributed by atoms with Gasteiger partial charge in [-0.3, -0.25) is 4.90 Å². The van der Waals surface area contributed by atoms with Gasteiger partial charge in [-0.15, -0.1) is 0 Å². The minimum Gasteiger partial charge on any atom is -0.463 e. The molecule has 0 bridgehead atoms. The molecule has 0 aromatic carbocycles. The molecule has 2 aliphatic heterocycles. The lowest BCUT2D eigenvalue weighted by molar-refractivity contribution is -0.138. The summed E-state index contributed by atoms with van der Waals surface area (Å²) >= 11 is 0. The molecular formula is C16H22N4O4. The predicted molar refractivity (Wildman–Crippen MR) is 85.0 cm³/mol. The van der Waals surface area contributed by atoms with Crippen LogP contribution in [0, 0.1) is 6.92 Å². The first kappa shape index (κ1) is 16.5. The number of esters is 1. The maximum atomic E-state index is 12.1. The molecule has 2 N–H and O–H groups in total. The molecule has 130 valence electrons. The summed E-state index contributed by atoms with van der Waals surface area (Å²) in [6.07, 6.45) is 1.99. The van der Waals surface area contributed by atoms with Gasteiger partial charge in [-0.2, -0.15) is 0 Å². The number of ether oxygens (including phenoxy) is 1. The Kier molecular flexibility index (Phi) is 4.84. The number of carbonyl (C=O) groups excluding carboxylic acids is 2. The van der Waals surface area contributed by atoms with Crippen LogP contribution >= 0.6 is 0 Å². The van der Waals surface area contributed by atoms with Gasteiger partial charge >= 0.3 is 12.0 Å². The molecule has 2 amide bonds. The Bertz CT molecular complexity index is 667. The Hall–Kier alpha value is -2.35. The van der Waals surface area contributed by atoms with Crippen LogP contribution in [0.25, 0.3) is 0 Å². The third-order valence-electron chi connectivity index (χ3n) is 4.28. The molecule has 3 rings (SSSR count). The normalized spacial score (nSPS) is 21.6. The zero-order chi connectivity index (χ0) is 17.1. The predicted octanol–water partition coefficient (Wildman–Crippen LogP) is 1.25. The summed E-state index contributed by atoms with van der Waals surface area (Å²) in [5, 5.41) is 9.32. The van der Waals surface area contributed by atoms with Crippen molar-refractivity contribution in [3.8, 4) is 0 Å². The monoisotopic (exact) mass is 334 g/mol. The van der Waals surface area contributed by atoms with E-state index in [4.69, 9.17) is 9.26 Å². The molecule has 3 heterocycles. The van der Waals surface area contributed by atoms with E-state index in [9.17, 15) is 9.59 Å². The van der Waals surface area contributed by atoms with Crippen LogP contribution in [0.4, 0.5) is 4.79 Å². The van der Waals surface area contributed by atoms with Crippen molar-refractivity contribution in [2.45, 2.75) is 32.7 Å². The molecule has 0 aliphatic carbocycles. The second-order valence-electron chi connectivity index (χ2n) is 5.98. The van der Waals surface area contributed by atoms with Crippen molar-refractivity contribution >= 4 is 12.0 Å². The molecule has 1 atom stereocenters. The maximum absolute atomic E-state index is 12.1. The van der Waals surface area contributed by atoms with Gasteiger partial charge in [-0.1, -0.05) is 5.16 Å². The van der Waals surface area contributed by atoms with Crippen LogP contribution in [-0.2, 0) is 9.53 Å². The zero-order valence-corrected chi connectivity index (χ0v) is 13.9. The molecule has 1 saturated heterocycles. The Balaban J connectivity index is 1.80. The number of hydrogen-bond acceptors (Lipinski definition) is 6. The number of nitrogens with zero attached hydrogens (tertiary/aromatic N) is 2. The fourth-order valence-electron chi connectivity index (χ4n) is 3.16. The quantitative estimate of drug-likeness (QED) is 0.787. The Morgan fingerprint density at radius 1 is 1.54 bits per heavy atom. The fraction of sp³-hybridized carbons (Fsp3) is 0.562. The van der Waals surface area contributed by atoms with Gasteiger partial charge in [0, 0.05) is 18.3 Å². The van der Waals surface area contributed by atoms with Gasteiger partial charge in [0.1, 0.15) is 0 Å². The number of urea groups is 1. The van der Waals surface area contributed by atoms with Gasteiger partial charge in [0.05, 0.1) is 30.5 Å². The molecule has 8 nitrogen and oxygen atoms in total. The Morgan fingerprint density at radius 3 is 3.08 bits per heavy atom. The number of rotatable bonds is 5. The van der Waals surface area contributed by atoms with Crippen molar-refractivity contribution in [2.24, 2.45) is 0 Å². The van der Waals surface area contributed by atoms with Crippen molar-refractivity contribution in [3.63, 3.8) is 0 Å². The number of amides is 2. The molecule has 0 unspecified atom stereocenters. The van der Waals surface area contributed by atoms with Crippen molar-refractivity contribution in [1.29, 1.82) is 0 Å². The fourth-order valence-corrected chi connectivity index (χ4v) is 3.16. The van der Waals surface area contributed by atoms with Crippen molar-refractivity contribution in [1.82, 2.24) is 20.7 Å². The minimum absolute atomic E-state index is 0.105. The Morgan fingerprint density at radius 2 is 2.38 bits per heavy atom. The highest BCUT2D eigenvalue weighted by molar-refractivity contribution is 5.93. The van der Waals surface area contributed by atoms with E-state index in [1.165, 1.54) is 0 Å². The zero-order valence-electron chi connectivity index (χ0n) is 13.9. The smallest absolute Gasteiger partial charge is 0.337 e. The highest BCUT2D eigenvalue weighted by atomic mass is 16.5. The maximum Gasteiger partial charge on any atom is 0.337 e. The molecule has 0 spiro atoms. The number of aryl methyl sites for hydroxylation is 1. The van der Waals surface area contributed by atoms with E-state index in [-0.39, 0.29) is 18.6 Å². The molecule has 8 heteroatoms. The number of carbonyl (C=O) groups is 2. The number of likely N-dealkylation sites (tertiary alicyclic amines) is 1. The van der Waals surface area contributed by atoms with Crippen molar-refractivity contribution in [2.75, 3.05) is 26.2 Å². The summed E-state index contributed by atoms with van der Waals surface area (Å²) in [4.78, 5) is 26.0. The first-order valence-electron chi connectivity index (χ1n) is 8.19. The molecule has 24 heavy (non-hydrogen) atoms. The van der Waals surface area contributed by atoms with E-state index in [1.807, 2.05) is 13.0 Å². The highest BCUT2D eigenvalue weighted by Gasteiger charge is 2.32. The van der Waals surface area contributed by atoms with E-state index in [2.05, 4.69) is 20.7 Å². The average Bonchev–Trinajstić information content (AvgIpc) is 3.16.